The average Bonchev–Trinajstić information content (AvgIpc) is 2.51. The Morgan fingerprint density at radius 3 is 2.71 bits per heavy atom. The summed E-state index contributed by atoms with van der Waals surface area (Å²) in [5.74, 6) is 0.407. The second-order valence-corrected chi connectivity index (χ2v) is 5.13. The molecule has 3 heteroatoms. The van der Waals surface area contributed by atoms with Crippen molar-refractivity contribution in [3.63, 3.8) is 0 Å². The van der Waals surface area contributed by atoms with Crippen LogP contribution in [0.1, 0.15) is 30.9 Å². The van der Waals surface area contributed by atoms with Gasteiger partial charge in [0.05, 0.1) is 6.61 Å². The van der Waals surface area contributed by atoms with E-state index in [9.17, 15) is 5.11 Å². The third-order valence-corrected chi connectivity index (χ3v) is 3.85. The van der Waals surface area contributed by atoms with Gasteiger partial charge >= 0.3 is 0 Å². The van der Waals surface area contributed by atoms with Crippen LogP contribution in [0.2, 0.25) is 0 Å². The molecule has 17 heavy (non-hydrogen) atoms. The van der Waals surface area contributed by atoms with E-state index in [1.54, 1.807) is 0 Å². The zero-order valence-electron chi connectivity index (χ0n) is 10.2. The molecule has 0 saturated carbocycles. The van der Waals surface area contributed by atoms with Gasteiger partial charge in [-0.1, -0.05) is 12.8 Å². The molecule has 0 aliphatic heterocycles. The first kappa shape index (κ1) is 14.9. The minimum absolute atomic E-state index is 0. The number of hydrogen-bond donors (Lipinski definition) is 2. The number of benzene rings is 1. The fraction of sp³-hybridized carbons (Fsp3) is 0.571. The van der Waals surface area contributed by atoms with Crippen LogP contribution in [0.15, 0.2) is 18.2 Å². The average molecular weight is 405 g/mol. The molecule has 0 heterocycles. The Balaban J connectivity index is 0.00000144. The molecule has 1 radical (unpaired) electrons. The molecule has 0 fully saturated rings. The molecular weight excluding hydrogens is 384 g/mol. The first-order valence-corrected chi connectivity index (χ1v) is 6.01. The van der Waals surface area contributed by atoms with E-state index in [-0.39, 0.29) is 27.0 Å². The van der Waals surface area contributed by atoms with Crippen LogP contribution in [0, 0.1) is 12.0 Å². The van der Waals surface area contributed by atoms with Crippen LogP contribution in [0.5, 0.6) is 0 Å². The molecule has 1 aliphatic carbocycles. The van der Waals surface area contributed by atoms with E-state index in [4.69, 9.17) is 5.73 Å². The maximum absolute atomic E-state index is 9.32. The molecule has 2 nitrogen and oxygen atoms in total. The van der Waals surface area contributed by atoms with Gasteiger partial charge in [0.25, 0.3) is 0 Å². The van der Waals surface area contributed by atoms with Gasteiger partial charge in [0.1, 0.15) is 0 Å². The zero-order valence-corrected chi connectivity index (χ0v) is 13.0. The topological polar surface area (TPSA) is 46.2 Å². The predicted octanol–water partition coefficient (Wildman–Crippen LogP) is 1.69. The Morgan fingerprint density at radius 2 is 2.06 bits per heavy atom. The maximum atomic E-state index is 9.32. The molecule has 2 rings (SSSR count). The van der Waals surface area contributed by atoms with E-state index >= 15 is 0 Å². The van der Waals surface area contributed by atoms with E-state index < -0.39 is 5.54 Å². The Hall–Kier alpha value is -0.198. The van der Waals surface area contributed by atoms with Gasteiger partial charge in [-0.2, -0.15) is 35.4 Å². The number of aliphatic hydroxyl groups excluding tert-OH is 1. The summed E-state index contributed by atoms with van der Waals surface area (Å²) in [7, 11) is 0. The fourth-order valence-corrected chi connectivity index (χ4v) is 2.57. The quantitative estimate of drug-likeness (QED) is 0.582. The summed E-state index contributed by atoms with van der Waals surface area (Å²) >= 11 is 0. The summed E-state index contributed by atoms with van der Waals surface area (Å²) in [6.45, 7) is 2.03. The normalized spacial score (nSPS) is 22.9. The molecule has 1 aromatic carbocycles. The summed E-state index contributed by atoms with van der Waals surface area (Å²) in [6.07, 6.45) is 4.27. The third-order valence-electron chi connectivity index (χ3n) is 3.85. The molecular formula is C14H20NORe-. The van der Waals surface area contributed by atoms with Crippen LogP contribution < -0.4 is 5.73 Å². The first-order valence-electron chi connectivity index (χ1n) is 6.01. The van der Waals surface area contributed by atoms with Gasteiger partial charge in [0.2, 0.25) is 0 Å². The van der Waals surface area contributed by atoms with Gasteiger partial charge in [0, 0.05) is 26.0 Å². The number of fused-ring (bicyclic) bond motifs is 1. The van der Waals surface area contributed by atoms with Gasteiger partial charge in [-0.3, -0.25) is 0 Å². The maximum Gasteiger partial charge on any atom is 0.0611 e. The summed E-state index contributed by atoms with van der Waals surface area (Å²) in [5, 5.41) is 9.32. The van der Waals surface area contributed by atoms with Crippen molar-refractivity contribution in [2.45, 2.75) is 38.1 Å². The monoisotopic (exact) mass is 405 g/mol. The zero-order chi connectivity index (χ0) is 11.6. The van der Waals surface area contributed by atoms with Gasteiger partial charge < -0.3 is 10.8 Å². The second kappa shape index (κ2) is 6.11. The molecule has 0 bridgehead atoms. The van der Waals surface area contributed by atoms with E-state index in [0.717, 1.165) is 25.7 Å². The number of aryl methyl sites for hydroxylation is 2. The van der Waals surface area contributed by atoms with E-state index in [1.165, 1.54) is 11.1 Å². The van der Waals surface area contributed by atoms with Crippen LogP contribution >= 0.6 is 0 Å². The Kier molecular flexibility index (Phi) is 5.34. The van der Waals surface area contributed by atoms with Gasteiger partial charge in [0.15, 0.2) is 0 Å². The Morgan fingerprint density at radius 1 is 1.41 bits per heavy atom. The molecule has 0 unspecified atom stereocenters. The number of nitrogens with two attached hydrogens (primary N) is 1. The fourth-order valence-electron chi connectivity index (χ4n) is 2.57. The molecule has 0 amide bonds. The molecule has 0 aromatic heterocycles. The summed E-state index contributed by atoms with van der Waals surface area (Å²) in [6, 6.07) is 9.36. The molecule has 1 aliphatic rings. The van der Waals surface area contributed by atoms with E-state index in [2.05, 4.69) is 18.2 Å². The Labute approximate surface area is 117 Å². The van der Waals surface area contributed by atoms with Crippen LogP contribution in [-0.2, 0) is 33.3 Å². The van der Waals surface area contributed by atoms with Crippen LogP contribution in [0.25, 0.3) is 0 Å². The second-order valence-electron chi connectivity index (χ2n) is 5.13. The van der Waals surface area contributed by atoms with Gasteiger partial charge in [-0.15, -0.1) is 0 Å². The number of aliphatic hydroxyl groups is 1. The minimum atomic E-state index is -0.439. The van der Waals surface area contributed by atoms with Gasteiger partial charge in [-0.25, -0.2) is 0 Å². The van der Waals surface area contributed by atoms with Crippen molar-refractivity contribution in [1.29, 1.82) is 0 Å². The van der Waals surface area contributed by atoms with Crippen molar-refractivity contribution in [2.24, 2.45) is 11.7 Å². The number of rotatable bonds is 2. The van der Waals surface area contributed by atoms with Crippen LogP contribution in [-0.4, -0.2) is 17.3 Å². The molecule has 0 saturated heterocycles. The van der Waals surface area contributed by atoms with Crippen molar-refractivity contribution >= 4 is 0 Å². The first-order chi connectivity index (χ1) is 7.63. The summed E-state index contributed by atoms with van der Waals surface area (Å²) < 4.78 is 0. The smallest absolute Gasteiger partial charge is 0.0611 e. The molecule has 3 N–H and O–H groups in total. The van der Waals surface area contributed by atoms with Crippen molar-refractivity contribution in [1.82, 2.24) is 0 Å². The van der Waals surface area contributed by atoms with Crippen molar-refractivity contribution in [2.75, 3.05) is 6.61 Å². The van der Waals surface area contributed by atoms with Gasteiger partial charge in [-0.05, 0) is 25.7 Å². The van der Waals surface area contributed by atoms with E-state index in [0.29, 0.717) is 5.92 Å². The van der Waals surface area contributed by atoms with Crippen LogP contribution in [0.4, 0.5) is 0 Å². The minimum Gasteiger partial charge on any atom is -0.394 e. The number of hydrogen-bond acceptors (Lipinski definition) is 2. The van der Waals surface area contributed by atoms with E-state index in [1.807, 2.05) is 13.0 Å². The largest absolute Gasteiger partial charge is 0.394 e. The van der Waals surface area contributed by atoms with Crippen molar-refractivity contribution in [3.8, 4) is 0 Å². The molecule has 1 aromatic rings. The van der Waals surface area contributed by atoms with Crippen molar-refractivity contribution in [3.05, 3.63) is 35.4 Å². The van der Waals surface area contributed by atoms with Crippen LogP contribution in [0.3, 0.4) is 0 Å². The standard InChI is InChI=1S/C14H20NO.Re/c1-14(15,10-16)13-8-6-11-4-2-3-5-12(11)7-9-13;/h2,4-5,13,16H,6-10,15H2,1H3;/q-1;/t13-,14-;/m0./s1. The van der Waals surface area contributed by atoms with Crippen molar-refractivity contribution < 1.29 is 25.5 Å². The molecule has 95 valence electrons. The summed E-state index contributed by atoms with van der Waals surface area (Å²) in [5.41, 5.74) is 8.53. The SMILES string of the molecule is C[C@](N)(CO)[C@@H]1CCc2c[c-]ccc2CC1.[Re]. The Bertz CT molecular complexity index is 338. The summed E-state index contributed by atoms with van der Waals surface area (Å²) in [4.78, 5) is 0. The third kappa shape index (κ3) is 3.39. The predicted molar refractivity (Wildman–Crippen MR) is 65.1 cm³/mol. The molecule has 0 spiro atoms. The molecule has 2 atom stereocenters.